The van der Waals surface area contributed by atoms with Gasteiger partial charge < -0.3 is 14.6 Å². The summed E-state index contributed by atoms with van der Waals surface area (Å²) in [6.07, 6.45) is 2.31. The molecule has 0 saturated carbocycles. The van der Waals surface area contributed by atoms with Gasteiger partial charge in [0.25, 0.3) is 0 Å². The van der Waals surface area contributed by atoms with Crippen molar-refractivity contribution in [2.24, 2.45) is 5.73 Å². The summed E-state index contributed by atoms with van der Waals surface area (Å²) in [4.78, 5) is 0. The molecule has 0 aromatic carbocycles. The molecule has 0 aliphatic heterocycles. The lowest BCUT2D eigenvalue weighted by Crippen LogP contribution is -2.38. The van der Waals surface area contributed by atoms with Gasteiger partial charge >= 0.3 is 8.56 Å². The van der Waals surface area contributed by atoms with Crippen LogP contribution in [0.15, 0.2) is 0 Å². The third-order valence-corrected chi connectivity index (χ3v) is 6.53. The van der Waals surface area contributed by atoms with Crippen molar-refractivity contribution in [1.82, 2.24) is 0 Å². The zero-order valence-electron chi connectivity index (χ0n) is 11.0. The predicted molar refractivity (Wildman–Crippen MR) is 75.3 cm³/mol. The molecule has 0 aromatic heterocycles. The number of rotatable bonds is 11. The molecule has 0 amide bonds. The molecule has 5 heteroatoms. The van der Waals surface area contributed by atoms with Crippen LogP contribution in [-0.2, 0) is 8.85 Å². The van der Waals surface area contributed by atoms with E-state index < -0.39 is 8.56 Å². The van der Waals surface area contributed by atoms with Crippen molar-refractivity contribution in [3.05, 3.63) is 0 Å². The highest BCUT2D eigenvalue weighted by Gasteiger charge is 2.29. The second kappa shape index (κ2) is 10.6. The minimum atomic E-state index is -1.86. The van der Waals surface area contributed by atoms with Crippen LogP contribution < -0.4 is 5.73 Å². The monoisotopic (exact) mass is 265 g/mol. The molecule has 3 nitrogen and oxygen atoms in total. The lowest BCUT2D eigenvalue weighted by molar-refractivity contribution is 0.189. The van der Waals surface area contributed by atoms with Gasteiger partial charge in [0.1, 0.15) is 0 Å². The molecular formula is C11H27NO2SSi. The standard InChI is InChI=1S/C11H27NO2SSi/c1-4-13-16(3,14-5-2)11-7-10-15-9-6-8-12/h4-12H2,1-3H3. The normalized spacial score (nSPS) is 12.0. The summed E-state index contributed by atoms with van der Waals surface area (Å²) in [5, 5.41) is 0. The first-order chi connectivity index (χ1) is 7.68. The van der Waals surface area contributed by atoms with Crippen LogP contribution in [0.25, 0.3) is 0 Å². The van der Waals surface area contributed by atoms with E-state index in [1.807, 2.05) is 25.6 Å². The minimum absolute atomic E-state index is 0.767. The molecule has 0 aliphatic rings. The van der Waals surface area contributed by atoms with Crippen LogP contribution in [0, 0.1) is 0 Å². The minimum Gasteiger partial charge on any atom is -0.395 e. The Morgan fingerprint density at radius 1 is 1.06 bits per heavy atom. The Morgan fingerprint density at radius 2 is 1.62 bits per heavy atom. The van der Waals surface area contributed by atoms with Gasteiger partial charge in [-0.15, -0.1) is 0 Å². The highest BCUT2D eigenvalue weighted by molar-refractivity contribution is 7.99. The van der Waals surface area contributed by atoms with Crippen LogP contribution in [0.4, 0.5) is 0 Å². The van der Waals surface area contributed by atoms with E-state index in [1.54, 1.807) is 0 Å². The first-order valence-electron chi connectivity index (χ1n) is 6.24. The predicted octanol–water partition coefficient (Wildman–Crippen LogP) is 2.60. The molecule has 0 atom stereocenters. The largest absolute Gasteiger partial charge is 0.395 e. The molecule has 0 aliphatic carbocycles. The number of hydrogen-bond acceptors (Lipinski definition) is 4. The van der Waals surface area contributed by atoms with Crippen LogP contribution in [0.1, 0.15) is 26.7 Å². The lowest BCUT2D eigenvalue weighted by atomic mass is 10.5. The molecule has 0 bridgehead atoms. The van der Waals surface area contributed by atoms with Gasteiger partial charge in [-0.25, -0.2) is 0 Å². The Hall–Kier alpha value is 0.447. The summed E-state index contributed by atoms with van der Waals surface area (Å²) in [6.45, 7) is 8.59. The van der Waals surface area contributed by atoms with Gasteiger partial charge in [0.15, 0.2) is 0 Å². The fourth-order valence-corrected chi connectivity index (χ4v) is 5.17. The molecule has 0 heterocycles. The molecule has 0 unspecified atom stereocenters. The zero-order valence-corrected chi connectivity index (χ0v) is 12.8. The van der Waals surface area contributed by atoms with Gasteiger partial charge in [0.2, 0.25) is 0 Å². The second-order valence-electron chi connectivity index (χ2n) is 3.86. The van der Waals surface area contributed by atoms with E-state index >= 15 is 0 Å². The third kappa shape index (κ3) is 8.58. The topological polar surface area (TPSA) is 44.5 Å². The highest BCUT2D eigenvalue weighted by Crippen LogP contribution is 2.18. The second-order valence-corrected chi connectivity index (χ2v) is 8.43. The third-order valence-electron chi connectivity index (χ3n) is 2.31. The average Bonchev–Trinajstić information content (AvgIpc) is 2.24. The van der Waals surface area contributed by atoms with E-state index in [2.05, 4.69) is 6.55 Å². The molecule has 98 valence electrons. The van der Waals surface area contributed by atoms with Crippen molar-refractivity contribution in [1.29, 1.82) is 0 Å². The molecule has 0 rings (SSSR count). The van der Waals surface area contributed by atoms with Crippen LogP contribution in [-0.4, -0.2) is 39.8 Å². The molecule has 0 spiro atoms. The lowest BCUT2D eigenvalue weighted by Gasteiger charge is -2.25. The maximum atomic E-state index is 5.78. The maximum absolute atomic E-state index is 5.78. The first kappa shape index (κ1) is 16.4. The van der Waals surface area contributed by atoms with Crippen molar-refractivity contribution in [2.75, 3.05) is 31.3 Å². The maximum Gasteiger partial charge on any atom is 0.334 e. The van der Waals surface area contributed by atoms with Crippen molar-refractivity contribution in [3.63, 3.8) is 0 Å². The number of nitrogens with two attached hydrogens (primary N) is 1. The Kier molecular flexibility index (Phi) is 10.9. The van der Waals surface area contributed by atoms with Crippen molar-refractivity contribution < 1.29 is 8.85 Å². The van der Waals surface area contributed by atoms with Crippen molar-refractivity contribution in [2.45, 2.75) is 39.3 Å². The Labute approximate surface area is 106 Å². The van der Waals surface area contributed by atoms with Crippen LogP contribution in [0.2, 0.25) is 12.6 Å². The number of thioether (sulfide) groups is 1. The summed E-state index contributed by atoms with van der Waals surface area (Å²) in [6, 6.07) is 1.10. The van der Waals surface area contributed by atoms with Crippen molar-refractivity contribution in [3.8, 4) is 0 Å². The Balaban J connectivity index is 3.59. The van der Waals surface area contributed by atoms with E-state index in [0.29, 0.717) is 0 Å². The summed E-state index contributed by atoms with van der Waals surface area (Å²) in [5.41, 5.74) is 5.45. The van der Waals surface area contributed by atoms with Gasteiger partial charge in [-0.05, 0) is 57.3 Å². The summed E-state index contributed by atoms with van der Waals surface area (Å²) in [5.74, 6) is 2.38. The summed E-state index contributed by atoms with van der Waals surface area (Å²) >= 11 is 1.99. The SMILES string of the molecule is CCO[Si](C)(CCCSCCCN)OCC. The highest BCUT2D eigenvalue weighted by atomic mass is 32.2. The van der Waals surface area contributed by atoms with E-state index in [4.69, 9.17) is 14.6 Å². The number of hydrogen-bond donors (Lipinski definition) is 1. The Morgan fingerprint density at radius 3 is 2.12 bits per heavy atom. The van der Waals surface area contributed by atoms with Crippen LogP contribution in [0.3, 0.4) is 0 Å². The average molecular weight is 265 g/mol. The zero-order chi connectivity index (χ0) is 12.3. The van der Waals surface area contributed by atoms with Crippen LogP contribution in [0.5, 0.6) is 0 Å². The van der Waals surface area contributed by atoms with Crippen LogP contribution >= 0.6 is 11.8 Å². The van der Waals surface area contributed by atoms with Gasteiger partial charge in [0.05, 0.1) is 0 Å². The first-order valence-corrected chi connectivity index (χ1v) is 9.92. The van der Waals surface area contributed by atoms with Crippen molar-refractivity contribution >= 4 is 20.3 Å². The Bertz CT molecular complexity index is 155. The molecule has 0 fully saturated rings. The van der Waals surface area contributed by atoms with Gasteiger partial charge in [-0.3, -0.25) is 0 Å². The fraction of sp³-hybridized carbons (Fsp3) is 1.00. The quantitative estimate of drug-likeness (QED) is 0.461. The fourth-order valence-electron chi connectivity index (χ4n) is 1.58. The summed E-state index contributed by atoms with van der Waals surface area (Å²) in [7, 11) is -1.86. The van der Waals surface area contributed by atoms with Gasteiger partial charge in [-0.2, -0.15) is 11.8 Å². The molecule has 0 aromatic rings. The molecule has 0 saturated heterocycles. The van der Waals surface area contributed by atoms with Gasteiger partial charge in [0, 0.05) is 13.2 Å². The molecule has 2 N–H and O–H groups in total. The van der Waals surface area contributed by atoms with E-state index in [0.717, 1.165) is 32.2 Å². The molecular weight excluding hydrogens is 238 g/mol. The smallest absolute Gasteiger partial charge is 0.334 e. The molecule has 16 heavy (non-hydrogen) atoms. The summed E-state index contributed by atoms with van der Waals surface area (Å²) < 4.78 is 11.6. The van der Waals surface area contributed by atoms with E-state index in [9.17, 15) is 0 Å². The van der Waals surface area contributed by atoms with Gasteiger partial charge in [-0.1, -0.05) is 0 Å². The van der Waals surface area contributed by atoms with E-state index in [1.165, 1.54) is 17.9 Å². The van der Waals surface area contributed by atoms with E-state index in [-0.39, 0.29) is 0 Å². The molecule has 0 radical (unpaired) electrons.